The van der Waals surface area contributed by atoms with E-state index < -0.39 is 29.8 Å². The number of aromatic nitrogens is 1. The molecule has 3 aromatic rings. The normalized spacial score (nSPS) is 12.6. The Kier molecular flexibility index (Phi) is 6.89. The van der Waals surface area contributed by atoms with Gasteiger partial charge in [0.05, 0.1) is 0 Å². The number of carbonyl (C=O) groups is 3. The molecular weight excluding hydrogens is 402 g/mol. The highest BCUT2D eigenvalue weighted by molar-refractivity contribution is 7.14. The van der Waals surface area contributed by atoms with Crippen LogP contribution in [0, 0.1) is 0 Å². The van der Waals surface area contributed by atoms with Gasteiger partial charge in [0, 0.05) is 11.8 Å². The first-order valence-corrected chi connectivity index (χ1v) is 10.0. The van der Waals surface area contributed by atoms with Crippen LogP contribution in [-0.4, -0.2) is 28.7 Å². The molecule has 0 spiro atoms. The van der Waals surface area contributed by atoms with Crippen LogP contribution in [0.15, 0.2) is 66.0 Å². The van der Waals surface area contributed by atoms with Crippen molar-refractivity contribution in [3.05, 3.63) is 82.9 Å². The van der Waals surface area contributed by atoms with E-state index in [9.17, 15) is 14.4 Å². The molecule has 2 aromatic carbocycles. The van der Waals surface area contributed by atoms with Crippen molar-refractivity contribution < 1.29 is 14.4 Å². The van der Waals surface area contributed by atoms with Crippen molar-refractivity contribution in [1.82, 2.24) is 10.3 Å². The summed E-state index contributed by atoms with van der Waals surface area (Å²) in [5, 5.41) is 7.02. The number of nitrogens with zero attached hydrogens (tertiary/aromatic N) is 1. The molecule has 2 atom stereocenters. The number of hydrogen-bond donors (Lipinski definition) is 4. The van der Waals surface area contributed by atoms with Crippen LogP contribution in [0.5, 0.6) is 0 Å². The number of anilines is 1. The largest absolute Gasteiger partial charge is 0.364 e. The van der Waals surface area contributed by atoms with Gasteiger partial charge in [-0.05, 0) is 11.1 Å². The fourth-order valence-electron chi connectivity index (χ4n) is 2.77. The molecule has 0 aliphatic heterocycles. The van der Waals surface area contributed by atoms with Crippen molar-refractivity contribution in [1.29, 1.82) is 0 Å². The van der Waals surface area contributed by atoms with E-state index in [2.05, 4.69) is 15.6 Å². The SMILES string of the molecule is NC(=O)c1csc(NC(=O)[C@H](Cc2ccccc2)NC(=O)C(N)c2ccccc2)n1. The number of amides is 3. The summed E-state index contributed by atoms with van der Waals surface area (Å²) >= 11 is 1.07. The lowest BCUT2D eigenvalue weighted by atomic mass is 10.0. The topological polar surface area (TPSA) is 140 Å². The molecule has 0 fully saturated rings. The van der Waals surface area contributed by atoms with Gasteiger partial charge in [0.2, 0.25) is 11.8 Å². The fraction of sp³-hybridized carbons (Fsp3) is 0.143. The van der Waals surface area contributed by atoms with Crippen LogP contribution in [0.3, 0.4) is 0 Å². The second-order valence-corrected chi connectivity index (χ2v) is 7.39. The summed E-state index contributed by atoms with van der Waals surface area (Å²) in [5.74, 6) is -1.64. The van der Waals surface area contributed by atoms with Crippen LogP contribution < -0.4 is 22.1 Å². The third-order valence-electron chi connectivity index (χ3n) is 4.34. The van der Waals surface area contributed by atoms with Crippen LogP contribution >= 0.6 is 11.3 Å². The smallest absolute Gasteiger partial charge is 0.268 e. The molecule has 0 saturated heterocycles. The molecule has 0 bridgehead atoms. The molecule has 3 amide bonds. The number of hydrogen-bond acceptors (Lipinski definition) is 6. The van der Waals surface area contributed by atoms with Gasteiger partial charge in [0.15, 0.2) is 5.13 Å². The standard InChI is InChI=1S/C21H21N5O3S/c22-17(14-9-5-2-6-10-14)20(29)24-15(11-13-7-3-1-4-8-13)19(28)26-21-25-16(12-30-21)18(23)27/h1-10,12,15,17H,11,22H2,(H2,23,27)(H,24,29)(H,25,26,28)/t15-,17?/m0/s1. The lowest BCUT2D eigenvalue weighted by molar-refractivity contribution is -0.127. The monoisotopic (exact) mass is 423 g/mol. The molecule has 1 heterocycles. The number of rotatable bonds is 8. The van der Waals surface area contributed by atoms with Crippen molar-refractivity contribution in [2.75, 3.05) is 5.32 Å². The third kappa shape index (κ3) is 5.49. The van der Waals surface area contributed by atoms with E-state index in [-0.39, 0.29) is 17.2 Å². The first-order chi connectivity index (χ1) is 14.4. The van der Waals surface area contributed by atoms with Crippen LogP contribution in [0.2, 0.25) is 0 Å². The Balaban J connectivity index is 1.76. The lowest BCUT2D eigenvalue weighted by Gasteiger charge is -2.20. The minimum Gasteiger partial charge on any atom is -0.364 e. The molecule has 6 N–H and O–H groups in total. The number of nitrogens with two attached hydrogens (primary N) is 2. The molecule has 0 radical (unpaired) electrons. The Hall–Kier alpha value is -3.56. The zero-order valence-corrected chi connectivity index (χ0v) is 16.8. The van der Waals surface area contributed by atoms with Gasteiger partial charge in [-0.25, -0.2) is 4.98 Å². The van der Waals surface area contributed by atoms with E-state index in [0.29, 0.717) is 5.56 Å². The number of thiazole rings is 1. The highest BCUT2D eigenvalue weighted by Gasteiger charge is 2.25. The Morgan fingerprint density at radius 1 is 0.967 bits per heavy atom. The molecular formula is C21H21N5O3S. The Morgan fingerprint density at radius 3 is 2.20 bits per heavy atom. The number of carbonyl (C=O) groups excluding carboxylic acids is 3. The van der Waals surface area contributed by atoms with Gasteiger partial charge in [-0.15, -0.1) is 11.3 Å². The van der Waals surface area contributed by atoms with Gasteiger partial charge in [0.1, 0.15) is 17.8 Å². The Bertz CT molecular complexity index is 1020. The van der Waals surface area contributed by atoms with Crippen LogP contribution in [0.25, 0.3) is 0 Å². The molecule has 154 valence electrons. The van der Waals surface area contributed by atoms with Gasteiger partial charge in [-0.1, -0.05) is 60.7 Å². The van der Waals surface area contributed by atoms with E-state index >= 15 is 0 Å². The van der Waals surface area contributed by atoms with Crippen molar-refractivity contribution in [2.45, 2.75) is 18.5 Å². The summed E-state index contributed by atoms with van der Waals surface area (Å²) in [5.41, 5.74) is 12.8. The number of nitrogens with one attached hydrogen (secondary N) is 2. The lowest BCUT2D eigenvalue weighted by Crippen LogP contribution is -2.48. The van der Waals surface area contributed by atoms with E-state index in [4.69, 9.17) is 11.5 Å². The average molecular weight is 423 g/mol. The van der Waals surface area contributed by atoms with Gasteiger partial charge in [-0.2, -0.15) is 0 Å². The predicted octanol–water partition coefficient (Wildman–Crippen LogP) is 1.61. The Labute approximate surface area is 177 Å². The summed E-state index contributed by atoms with van der Waals surface area (Å²) in [6, 6.07) is 16.4. The average Bonchev–Trinajstić information content (AvgIpc) is 3.23. The first-order valence-electron chi connectivity index (χ1n) is 9.15. The minimum atomic E-state index is -0.918. The first kappa shape index (κ1) is 21.2. The molecule has 0 aliphatic rings. The summed E-state index contributed by atoms with van der Waals surface area (Å²) in [6.07, 6.45) is 0.258. The molecule has 8 nitrogen and oxygen atoms in total. The van der Waals surface area contributed by atoms with Gasteiger partial charge in [0.25, 0.3) is 5.91 Å². The molecule has 0 saturated carbocycles. The van der Waals surface area contributed by atoms with E-state index in [1.807, 2.05) is 36.4 Å². The van der Waals surface area contributed by atoms with Crippen molar-refractivity contribution in [3.8, 4) is 0 Å². The zero-order chi connectivity index (χ0) is 21.5. The van der Waals surface area contributed by atoms with E-state index in [0.717, 1.165) is 16.9 Å². The second-order valence-electron chi connectivity index (χ2n) is 6.53. The van der Waals surface area contributed by atoms with Crippen molar-refractivity contribution in [3.63, 3.8) is 0 Å². The molecule has 0 aliphatic carbocycles. The molecule has 30 heavy (non-hydrogen) atoms. The maximum atomic E-state index is 12.9. The molecule has 1 unspecified atom stereocenters. The zero-order valence-electron chi connectivity index (χ0n) is 15.9. The maximum absolute atomic E-state index is 12.9. The summed E-state index contributed by atoms with van der Waals surface area (Å²) in [7, 11) is 0. The quantitative estimate of drug-likeness (QED) is 0.436. The number of benzene rings is 2. The third-order valence-corrected chi connectivity index (χ3v) is 5.10. The second kappa shape index (κ2) is 9.77. The van der Waals surface area contributed by atoms with Crippen molar-refractivity contribution >= 4 is 34.2 Å². The van der Waals surface area contributed by atoms with Crippen LogP contribution in [0.1, 0.15) is 27.7 Å². The summed E-state index contributed by atoms with van der Waals surface area (Å²) in [6.45, 7) is 0. The highest BCUT2D eigenvalue weighted by Crippen LogP contribution is 2.16. The van der Waals surface area contributed by atoms with Gasteiger partial charge in [-0.3, -0.25) is 14.4 Å². The summed E-state index contributed by atoms with van der Waals surface area (Å²) in [4.78, 5) is 40.8. The summed E-state index contributed by atoms with van der Waals surface area (Å²) < 4.78 is 0. The van der Waals surface area contributed by atoms with E-state index in [1.165, 1.54) is 5.38 Å². The maximum Gasteiger partial charge on any atom is 0.268 e. The minimum absolute atomic E-state index is 0.0602. The van der Waals surface area contributed by atoms with E-state index in [1.54, 1.807) is 24.3 Å². The van der Waals surface area contributed by atoms with Crippen LogP contribution in [-0.2, 0) is 16.0 Å². The molecule has 1 aromatic heterocycles. The fourth-order valence-corrected chi connectivity index (χ4v) is 3.47. The van der Waals surface area contributed by atoms with Crippen LogP contribution in [0.4, 0.5) is 5.13 Å². The number of primary amides is 1. The van der Waals surface area contributed by atoms with Gasteiger partial charge >= 0.3 is 0 Å². The predicted molar refractivity (Wildman–Crippen MR) is 115 cm³/mol. The molecule has 3 rings (SSSR count). The van der Waals surface area contributed by atoms with Gasteiger partial charge < -0.3 is 22.1 Å². The van der Waals surface area contributed by atoms with Crippen molar-refractivity contribution in [2.24, 2.45) is 11.5 Å². The Morgan fingerprint density at radius 2 is 1.60 bits per heavy atom. The molecule has 9 heteroatoms. The highest BCUT2D eigenvalue weighted by atomic mass is 32.1.